The number of ether oxygens (including phenoxy) is 2. The van der Waals surface area contributed by atoms with Crippen LogP contribution < -0.4 is 9.47 Å². The Bertz CT molecular complexity index is 911. The molecule has 0 fully saturated rings. The maximum Gasteiger partial charge on any atom is 0.185 e. The number of benzene rings is 2. The first-order valence-electron chi connectivity index (χ1n) is 8.21. The second-order valence-corrected chi connectivity index (χ2v) is 5.74. The SMILES string of the molecule is COc1cccc(/C=C/C(=O)c2ccc(OCc3nccn3C)cc2)c1. The van der Waals surface area contributed by atoms with Crippen molar-refractivity contribution in [3.8, 4) is 11.5 Å². The van der Waals surface area contributed by atoms with Crippen molar-refractivity contribution in [1.82, 2.24) is 9.55 Å². The molecule has 5 heteroatoms. The van der Waals surface area contributed by atoms with E-state index in [2.05, 4.69) is 4.98 Å². The summed E-state index contributed by atoms with van der Waals surface area (Å²) in [5.74, 6) is 2.23. The van der Waals surface area contributed by atoms with Gasteiger partial charge in [-0.2, -0.15) is 0 Å². The highest BCUT2D eigenvalue weighted by Gasteiger charge is 2.04. The van der Waals surface area contributed by atoms with E-state index in [1.54, 1.807) is 49.7 Å². The first kappa shape index (κ1) is 17.5. The molecule has 0 amide bonds. The Labute approximate surface area is 152 Å². The van der Waals surface area contributed by atoms with Gasteiger partial charge in [0.2, 0.25) is 0 Å². The predicted octanol–water partition coefficient (Wildman–Crippen LogP) is 3.90. The lowest BCUT2D eigenvalue weighted by atomic mass is 10.1. The summed E-state index contributed by atoms with van der Waals surface area (Å²) < 4.78 is 12.8. The third-order valence-corrected chi connectivity index (χ3v) is 3.95. The molecule has 0 aliphatic heterocycles. The zero-order valence-electron chi connectivity index (χ0n) is 14.8. The van der Waals surface area contributed by atoms with Crippen LogP contribution in [0.15, 0.2) is 67.0 Å². The van der Waals surface area contributed by atoms with Gasteiger partial charge in [0, 0.05) is 25.0 Å². The molecule has 0 spiro atoms. The monoisotopic (exact) mass is 348 g/mol. The van der Waals surface area contributed by atoms with Crippen LogP contribution in [-0.2, 0) is 13.7 Å². The molecule has 0 saturated carbocycles. The number of ketones is 1. The Hall–Kier alpha value is -3.34. The molecular weight excluding hydrogens is 328 g/mol. The highest BCUT2D eigenvalue weighted by Crippen LogP contribution is 2.16. The van der Waals surface area contributed by atoms with E-state index < -0.39 is 0 Å². The van der Waals surface area contributed by atoms with Crippen molar-refractivity contribution in [2.24, 2.45) is 7.05 Å². The molecule has 1 aromatic heterocycles. The van der Waals surface area contributed by atoms with Gasteiger partial charge >= 0.3 is 0 Å². The van der Waals surface area contributed by atoms with Gasteiger partial charge in [-0.05, 0) is 48.0 Å². The smallest absolute Gasteiger partial charge is 0.185 e. The molecular formula is C21H20N2O3. The molecule has 0 saturated heterocycles. The lowest BCUT2D eigenvalue weighted by Gasteiger charge is -2.06. The quantitative estimate of drug-likeness (QED) is 0.480. The fourth-order valence-electron chi connectivity index (χ4n) is 2.41. The molecule has 1 heterocycles. The van der Waals surface area contributed by atoms with E-state index in [0.29, 0.717) is 17.9 Å². The maximum absolute atomic E-state index is 12.3. The zero-order valence-corrected chi connectivity index (χ0v) is 14.8. The average Bonchev–Trinajstić information content (AvgIpc) is 3.10. The number of carbonyl (C=O) groups excluding carboxylic acids is 1. The van der Waals surface area contributed by atoms with Crippen molar-refractivity contribution in [3.63, 3.8) is 0 Å². The molecule has 0 radical (unpaired) electrons. The predicted molar refractivity (Wildman–Crippen MR) is 100 cm³/mol. The van der Waals surface area contributed by atoms with Gasteiger partial charge in [0.15, 0.2) is 5.78 Å². The first-order valence-corrected chi connectivity index (χ1v) is 8.21. The van der Waals surface area contributed by atoms with Crippen LogP contribution in [0.1, 0.15) is 21.7 Å². The molecule has 3 rings (SSSR count). The summed E-state index contributed by atoms with van der Waals surface area (Å²) in [5, 5.41) is 0. The van der Waals surface area contributed by atoms with Gasteiger partial charge < -0.3 is 14.0 Å². The van der Waals surface area contributed by atoms with Gasteiger partial charge in [0.25, 0.3) is 0 Å². The maximum atomic E-state index is 12.3. The van der Waals surface area contributed by atoms with E-state index in [0.717, 1.165) is 17.1 Å². The number of rotatable bonds is 7. The van der Waals surface area contributed by atoms with Crippen molar-refractivity contribution in [2.45, 2.75) is 6.61 Å². The topological polar surface area (TPSA) is 53.4 Å². The molecule has 0 bridgehead atoms. The Morgan fingerprint density at radius 1 is 1.15 bits per heavy atom. The fourth-order valence-corrected chi connectivity index (χ4v) is 2.41. The summed E-state index contributed by atoms with van der Waals surface area (Å²) in [7, 11) is 3.54. The van der Waals surface area contributed by atoms with Gasteiger partial charge in [-0.1, -0.05) is 18.2 Å². The molecule has 0 N–H and O–H groups in total. The van der Waals surface area contributed by atoms with E-state index in [4.69, 9.17) is 9.47 Å². The minimum absolute atomic E-state index is 0.0662. The second kappa shape index (κ2) is 8.16. The van der Waals surface area contributed by atoms with Crippen LogP contribution in [0.4, 0.5) is 0 Å². The number of methoxy groups -OCH3 is 1. The molecule has 0 aliphatic rings. The molecule has 5 nitrogen and oxygen atoms in total. The molecule has 3 aromatic rings. The van der Waals surface area contributed by atoms with Crippen LogP contribution in [0.25, 0.3) is 6.08 Å². The third-order valence-electron chi connectivity index (χ3n) is 3.95. The Kier molecular flexibility index (Phi) is 5.49. The summed E-state index contributed by atoms with van der Waals surface area (Å²) >= 11 is 0. The van der Waals surface area contributed by atoms with Crippen molar-refractivity contribution >= 4 is 11.9 Å². The minimum atomic E-state index is -0.0662. The van der Waals surface area contributed by atoms with Gasteiger partial charge in [0.05, 0.1) is 7.11 Å². The van der Waals surface area contributed by atoms with Gasteiger partial charge in [-0.15, -0.1) is 0 Å². The van der Waals surface area contributed by atoms with E-state index >= 15 is 0 Å². The first-order chi connectivity index (χ1) is 12.7. The molecule has 0 unspecified atom stereocenters. The standard InChI is InChI=1S/C21H20N2O3/c1-23-13-12-22-21(23)15-26-18-9-7-17(8-10-18)20(24)11-6-16-4-3-5-19(14-16)25-2/h3-14H,15H2,1-2H3/b11-6+. The number of aromatic nitrogens is 2. The summed E-state index contributed by atoms with van der Waals surface area (Å²) in [6.45, 7) is 0.381. The molecule has 0 aliphatic carbocycles. The minimum Gasteiger partial charge on any atom is -0.497 e. The highest BCUT2D eigenvalue weighted by atomic mass is 16.5. The van der Waals surface area contributed by atoms with Crippen molar-refractivity contribution in [1.29, 1.82) is 0 Å². The van der Waals surface area contributed by atoms with Crippen molar-refractivity contribution in [3.05, 3.63) is 84.0 Å². The average molecular weight is 348 g/mol. The lowest BCUT2D eigenvalue weighted by molar-refractivity contribution is 0.104. The van der Waals surface area contributed by atoms with Gasteiger partial charge in [0.1, 0.15) is 23.9 Å². The van der Waals surface area contributed by atoms with Crippen LogP contribution >= 0.6 is 0 Å². The number of aryl methyl sites for hydroxylation is 1. The fraction of sp³-hybridized carbons (Fsp3) is 0.143. The molecule has 0 atom stereocenters. The number of hydrogen-bond donors (Lipinski definition) is 0. The van der Waals surface area contributed by atoms with E-state index in [1.165, 1.54) is 0 Å². The molecule has 26 heavy (non-hydrogen) atoms. The largest absolute Gasteiger partial charge is 0.497 e. The Balaban J connectivity index is 1.61. The van der Waals surface area contributed by atoms with Crippen LogP contribution in [-0.4, -0.2) is 22.4 Å². The Morgan fingerprint density at radius 2 is 1.96 bits per heavy atom. The van der Waals surface area contributed by atoms with Crippen molar-refractivity contribution < 1.29 is 14.3 Å². The van der Waals surface area contributed by atoms with Crippen LogP contribution in [0.2, 0.25) is 0 Å². The van der Waals surface area contributed by atoms with Gasteiger partial charge in [-0.25, -0.2) is 4.98 Å². The highest BCUT2D eigenvalue weighted by molar-refractivity contribution is 6.06. The van der Waals surface area contributed by atoms with Crippen LogP contribution in [0, 0.1) is 0 Å². The number of nitrogens with zero attached hydrogens (tertiary/aromatic N) is 2. The number of imidazole rings is 1. The summed E-state index contributed by atoms with van der Waals surface area (Å²) in [5.41, 5.74) is 1.52. The summed E-state index contributed by atoms with van der Waals surface area (Å²) in [6.07, 6.45) is 6.93. The van der Waals surface area contributed by atoms with Crippen LogP contribution in [0.3, 0.4) is 0 Å². The van der Waals surface area contributed by atoms with E-state index in [9.17, 15) is 4.79 Å². The number of allylic oxidation sites excluding steroid dienone is 1. The molecule has 132 valence electrons. The normalized spacial score (nSPS) is 10.8. The zero-order chi connectivity index (χ0) is 18.4. The molecule has 2 aromatic carbocycles. The van der Waals surface area contributed by atoms with Crippen molar-refractivity contribution in [2.75, 3.05) is 7.11 Å². The van der Waals surface area contributed by atoms with E-state index in [1.807, 2.05) is 42.1 Å². The second-order valence-electron chi connectivity index (χ2n) is 5.74. The summed E-state index contributed by atoms with van der Waals surface area (Å²) in [6, 6.07) is 14.6. The lowest BCUT2D eigenvalue weighted by Crippen LogP contribution is -2.03. The van der Waals surface area contributed by atoms with Crippen LogP contribution in [0.5, 0.6) is 11.5 Å². The van der Waals surface area contributed by atoms with Gasteiger partial charge in [-0.3, -0.25) is 4.79 Å². The number of carbonyl (C=O) groups is 1. The summed E-state index contributed by atoms with van der Waals surface area (Å²) in [4.78, 5) is 16.5. The number of hydrogen-bond acceptors (Lipinski definition) is 4. The Morgan fingerprint density at radius 3 is 2.65 bits per heavy atom. The van der Waals surface area contributed by atoms with E-state index in [-0.39, 0.29) is 5.78 Å². The third kappa shape index (κ3) is 4.39.